The van der Waals surface area contributed by atoms with Crippen molar-refractivity contribution in [3.05, 3.63) is 35.0 Å². The fourth-order valence-electron chi connectivity index (χ4n) is 2.69. The Morgan fingerprint density at radius 2 is 2.00 bits per heavy atom. The van der Waals surface area contributed by atoms with E-state index in [2.05, 4.69) is 10.5 Å². The summed E-state index contributed by atoms with van der Waals surface area (Å²) < 4.78 is 16.1. The van der Waals surface area contributed by atoms with Crippen LogP contribution in [0.15, 0.2) is 22.7 Å². The van der Waals surface area contributed by atoms with Crippen LogP contribution in [0.25, 0.3) is 0 Å². The Morgan fingerprint density at radius 3 is 2.90 bits per heavy atom. The van der Waals surface area contributed by atoms with E-state index in [1.165, 1.54) is 0 Å². The predicted molar refractivity (Wildman–Crippen MR) is 73.9 cm³/mol. The smallest absolute Gasteiger partial charge is 0.258 e. The fourth-order valence-corrected chi connectivity index (χ4v) is 2.69. The summed E-state index contributed by atoms with van der Waals surface area (Å²) in [5, 5.41) is 6.76. The average Bonchev–Trinajstić information content (AvgIpc) is 3.12. The molecule has 1 N–H and O–H groups in total. The molecule has 6 nitrogen and oxygen atoms in total. The standard InChI is InChI=1S/C15H14N2O4/c18-14(16-15-10-2-1-3-11(10)17-21-15)9-4-5-12-13(8-9)20-7-6-19-12/h4-5,8H,1-3,6-7H2,(H,16,18). The maximum absolute atomic E-state index is 12.3. The van der Waals surface area contributed by atoms with Gasteiger partial charge >= 0.3 is 0 Å². The van der Waals surface area contributed by atoms with Crippen molar-refractivity contribution in [2.45, 2.75) is 19.3 Å². The topological polar surface area (TPSA) is 73.6 Å². The van der Waals surface area contributed by atoms with Crippen molar-refractivity contribution in [1.82, 2.24) is 5.16 Å². The normalized spacial score (nSPS) is 15.6. The fraction of sp³-hybridized carbons (Fsp3) is 0.333. The number of amides is 1. The van der Waals surface area contributed by atoms with E-state index in [4.69, 9.17) is 14.0 Å². The van der Waals surface area contributed by atoms with Gasteiger partial charge in [0.25, 0.3) is 5.91 Å². The average molecular weight is 286 g/mol. The zero-order valence-electron chi connectivity index (χ0n) is 11.3. The lowest BCUT2D eigenvalue weighted by molar-refractivity contribution is 0.102. The highest BCUT2D eigenvalue weighted by Gasteiger charge is 2.23. The van der Waals surface area contributed by atoms with E-state index in [1.807, 2.05) is 0 Å². The number of fused-ring (bicyclic) bond motifs is 2. The Morgan fingerprint density at radius 1 is 1.14 bits per heavy atom. The minimum Gasteiger partial charge on any atom is -0.486 e. The van der Waals surface area contributed by atoms with Crippen LogP contribution in [0.4, 0.5) is 5.88 Å². The first kappa shape index (κ1) is 12.3. The van der Waals surface area contributed by atoms with Gasteiger partial charge in [0, 0.05) is 11.1 Å². The first-order valence-electron chi connectivity index (χ1n) is 7.00. The summed E-state index contributed by atoms with van der Waals surface area (Å²) in [5.41, 5.74) is 2.47. The highest BCUT2D eigenvalue weighted by atomic mass is 16.6. The molecule has 0 atom stereocenters. The monoisotopic (exact) mass is 286 g/mol. The molecule has 1 aromatic heterocycles. The third-order valence-electron chi connectivity index (χ3n) is 3.74. The van der Waals surface area contributed by atoms with Crippen LogP contribution < -0.4 is 14.8 Å². The Labute approximate surface area is 121 Å². The van der Waals surface area contributed by atoms with Crippen LogP contribution in [-0.4, -0.2) is 24.3 Å². The van der Waals surface area contributed by atoms with Gasteiger partial charge in [-0.1, -0.05) is 5.16 Å². The summed E-state index contributed by atoms with van der Waals surface area (Å²) in [6.45, 7) is 1.02. The van der Waals surface area contributed by atoms with Gasteiger partial charge in [0.2, 0.25) is 5.88 Å². The Kier molecular flexibility index (Phi) is 2.80. The number of benzene rings is 1. The number of aromatic nitrogens is 1. The van der Waals surface area contributed by atoms with Gasteiger partial charge in [0.15, 0.2) is 11.5 Å². The van der Waals surface area contributed by atoms with Crippen molar-refractivity contribution in [2.24, 2.45) is 0 Å². The summed E-state index contributed by atoms with van der Waals surface area (Å²) in [6, 6.07) is 5.13. The van der Waals surface area contributed by atoms with Crippen molar-refractivity contribution in [3.63, 3.8) is 0 Å². The molecule has 0 radical (unpaired) electrons. The maximum Gasteiger partial charge on any atom is 0.258 e. The van der Waals surface area contributed by atoms with E-state index in [0.29, 0.717) is 36.2 Å². The third-order valence-corrected chi connectivity index (χ3v) is 3.74. The van der Waals surface area contributed by atoms with E-state index in [0.717, 1.165) is 30.5 Å². The van der Waals surface area contributed by atoms with Gasteiger partial charge in [-0.15, -0.1) is 0 Å². The van der Waals surface area contributed by atoms with E-state index < -0.39 is 0 Å². The minimum absolute atomic E-state index is 0.238. The lowest BCUT2D eigenvalue weighted by Crippen LogP contribution is -2.17. The number of ether oxygens (including phenoxy) is 2. The number of carbonyl (C=O) groups excluding carboxylic acids is 1. The number of hydrogen-bond acceptors (Lipinski definition) is 5. The molecule has 0 unspecified atom stereocenters. The van der Waals surface area contributed by atoms with Gasteiger partial charge in [-0.3, -0.25) is 10.1 Å². The second-order valence-corrected chi connectivity index (χ2v) is 5.10. The predicted octanol–water partition coefficient (Wildman–Crippen LogP) is 2.19. The van der Waals surface area contributed by atoms with Crippen molar-refractivity contribution >= 4 is 11.8 Å². The quantitative estimate of drug-likeness (QED) is 0.916. The molecular formula is C15H14N2O4. The zero-order chi connectivity index (χ0) is 14.2. The molecule has 1 amide bonds. The number of nitrogens with one attached hydrogen (secondary N) is 1. The molecular weight excluding hydrogens is 272 g/mol. The molecule has 1 aromatic carbocycles. The van der Waals surface area contributed by atoms with Crippen LogP contribution >= 0.6 is 0 Å². The zero-order valence-corrected chi connectivity index (χ0v) is 11.3. The third kappa shape index (κ3) is 2.12. The molecule has 0 spiro atoms. The second kappa shape index (κ2) is 4.80. The molecule has 0 saturated heterocycles. The molecule has 0 fully saturated rings. The van der Waals surface area contributed by atoms with Crippen LogP contribution in [0.3, 0.4) is 0 Å². The van der Waals surface area contributed by atoms with E-state index in [9.17, 15) is 4.79 Å². The van der Waals surface area contributed by atoms with Crippen molar-refractivity contribution in [3.8, 4) is 11.5 Å². The van der Waals surface area contributed by atoms with Crippen LogP contribution in [0.5, 0.6) is 11.5 Å². The van der Waals surface area contributed by atoms with Crippen LogP contribution in [-0.2, 0) is 12.8 Å². The number of carbonyl (C=O) groups is 1. The van der Waals surface area contributed by atoms with Crippen LogP contribution in [0, 0.1) is 0 Å². The Hall–Kier alpha value is -2.50. The number of aryl methyl sites for hydroxylation is 1. The highest BCUT2D eigenvalue weighted by molar-refractivity contribution is 6.04. The van der Waals surface area contributed by atoms with Gasteiger partial charge in [-0.2, -0.15) is 0 Å². The largest absolute Gasteiger partial charge is 0.486 e. The first-order chi connectivity index (χ1) is 10.3. The molecule has 2 aromatic rings. The number of anilines is 1. The summed E-state index contributed by atoms with van der Waals surface area (Å²) >= 11 is 0. The van der Waals surface area contributed by atoms with Crippen LogP contribution in [0.2, 0.25) is 0 Å². The van der Waals surface area contributed by atoms with Gasteiger partial charge in [0.05, 0.1) is 5.69 Å². The molecule has 1 aliphatic heterocycles. The molecule has 2 heterocycles. The lowest BCUT2D eigenvalue weighted by Gasteiger charge is -2.18. The van der Waals surface area contributed by atoms with Crippen LogP contribution in [0.1, 0.15) is 28.0 Å². The summed E-state index contributed by atoms with van der Waals surface area (Å²) in [6.07, 6.45) is 2.87. The molecule has 21 heavy (non-hydrogen) atoms. The number of hydrogen-bond donors (Lipinski definition) is 1. The summed E-state index contributed by atoms with van der Waals surface area (Å²) in [4.78, 5) is 12.3. The van der Waals surface area contributed by atoms with Gasteiger partial charge < -0.3 is 14.0 Å². The Balaban J connectivity index is 1.57. The molecule has 6 heteroatoms. The van der Waals surface area contributed by atoms with Crippen molar-refractivity contribution in [2.75, 3.05) is 18.5 Å². The van der Waals surface area contributed by atoms with Crippen molar-refractivity contribution in [1.29, 1.82) is 0 Å². The highest BCUT2D eigenvalue weighted by Crippen LogP contribution is 2.32. The maximum atomic E-state index is 12.3. The van der Waals surface area contributed by atoms with E-state index in [1.54, 1.807) is 18.2 Å². The minimum atomic E-state index is -0.238. The van der Waals surface area contributed by atoms with E-state index in [-0.39, 0.29) is 5.91 Å². The number of rotatable bonds is 2. The van der Waals surface area contributed by atoms with Crippen molar-refractivity contribution < 1.29 is 18.8 Å². The molecule has 2 aliphatic rings. The Bertz CT molecular complexity index is 708. The molecule has 108 valence electrons. The molecule has 0 bridgehead atoms. The molecule has 0 saturated carbocycles. The summed E-state index contributed by atoms with van der Waals surface area (Å²) in [5.74, 6) is 1.48. The first-order valence-corrected chi connectivity index (χ1v) is 7.00. The second-order valence-electron chi connectivity index (χ2n) is 5.10. The number of nitrogens with zero attached hydrogens (tertiary/aromatic N) is 1. The molecule has 4 rings (SSSR count). The van der Waals surface area contributed by atoms with Gasteiger partial charge in [0.1, 0.15) is 13.2 Å². The van der Waals surface area contributed by atoms with Gasteiger partial charge in [-0.05, 0) is 37.5 Å². The lowest BCUT2D eigenvalue weighted by atomic mass is 10.1. The van der Waals surface area contributed by atoms with E-state index >= 15 is 0 Å². The SMILES string of the molecule is O=C(Nc1onc2c1CCC2)c1ccc2c(c1)OCCO2. The summed E-state index contributed by atoms with van der Waals surface area (Å²) in [7, 11) is 0. The van der Waals surface area contributed by atoms with Gasteiger partial charge in [-0.25, -0.2) is 0 Å². The molecule has 1 aliphatic carbocycles.